The lowest BCUT2D eigenvalue weighted by Crippen LogP contribution is -2.16. The van der Waals surface area contributed by atoms with E-state index in [0.29, 0.717) is 11.8 Å². The van der Waals surface area contributed by atoms with Gasteiger partial charge < -0.3 is 14.2 Å². The summed E-state index contributed by atoms with van der Waals surface area (Å²) in [5.74, 6) is -3.70. The average molecular weight is 467 g/mol. The van der Waals surface area contributed by atoms with Gasteiger partial charge in [-0.15, -0.1) is 0 Å². The topological polar surface area (TPSA) is 68.5 Å². The number of para-hydroxylation sites is 1. The molecule has 0 bridgehead atoms. The highest BCUT2D eigenvalue weighted by molar-refractivity contribution is 5.79. The summed E-state index contributed by atoms with van der Waals surface area (Å²) in [5.41, 5.74) is -0.480. The molecule has 1 aliphatic carbocycles. The number of nitriles is 1. The zero-order valence-electron chi connectivity index (χ0n) is 18.3. The first-order chi connectivity index (χ1) is 16.2. The number of benzene rings is 3. The van der Waals surface area contributed by atoms with Crippen molar-refractivity contribution in [3.63, 3.8) is 0 Å². The molecule has 174 valence electrons. The van der Waals surface area contributed by atoms with Gasteiger partial charge in [0.2, 0.25) is 6.10 Å². The summed E-state index contributed by atoms with van der Waals surface area (Å²) in [7, 11) is 0. The normalized spacial score (nSPS) is 18.9. The fourth-order valence-electron chi connectivity index (χ4n) is 3.68. The Bertz CT molecular complexity index is 1260. The molecule has 0 saturated heterocycles. The first-order valence-corrected chi connectivity index (χ1v) is 10.4. The lowest BCUT2D eigenvalue weighted by molar-refractivity contribution is -0.149. The van der Waals surface area contributed by atoms with Crippen molar-refractivity contribution in [1.29, 1.82) is 5.26 Å². The first kappa shape index (κ1) is 23.2. The van der Waals surface area contributed by atoms with E-state index in [1.165, 1.54) is 12.1 Å². The van der Waals surface area contributed by atoms with Crippen LogP contribution in [0.2, 0.25) is 0 Å². The van der Waals surface area contributed by atoms with Crippen molar-refractivity contribution in [3.05, 3.63) is 89.7 Å². The second-order valence-corrected chi connectivity index (χ2v) is 8.46. The van der Waals surface area contributed by atoms with Gasteiger partial charge >= 0.3 is 5.97 Å². The molecule has 4 rings (SSSR count). The third-order valence-corrected chi connectivity index (χ3v) is 5.71. The van der Waals surface area contributed by atoms with E-state index < -0.39 is 47.0 Å². The van der Waals surface area contributed by atoms with Gasteiger partial charge in [-0.2, -0.15) is 5.26 Å². The van der Waals surface area contributed by atoms with E-state index >= 15 is 0 Å². The molecule has 3 atom stereocenters. The van der Waals surface area contributed by atoms with Gasteiger partial charge in [-0.1, -0.05) is 38.1 Å². The number of rotatable bonds is 7. The highest BCUT2D eigenvalue weighted by Crippen LogP contribution is 2.55. The summed E-state index contributed by atoms with van der Waals surface area (Å²) in [6.45, 7) is 3.46. The molecule has 1 fully saturated rings. The van der Waals surface area contributed by atoms with Gasteiger partial charge in [-0.25, -0.2) is 13.2 Å². The van der Waals surface area contributed by atoms with Gasteiger partial charge in [0.15, 0.2) is 23.1 Å². The number of hydrogen-bond acceptors (Lipinski definition) is 5. The van der Waals surface area contributed by atoms with Crippen molar-refractivity contribution < 1.29 is 32.2 Å². The largest absolute Gasteiger partial charge is 0.486 e. The molecule has 0 spiro atoms. The maximum Gasteiger partial charge on any atom is 0.315 e. The van der Waals surface area contributed by atoms with E-state index in [1.54, 1.807) is 44.2 Å². The lowest BCUT2D eigenvalue weighted by atomic mass is 10.1. The van der Waals surface area contributed by atoms with Crippen LogP contribution >= 0.6 is 0 Å². The molecule has 8 heteroatoms. The van der Waals surface area contributed by atoms with Crippen LogP contribution in [0.5, 0.6) is 17.2 Å². The molecule has 5 nitrogen and oxygen atoms in total. The van der Waals surface area contributed by atoms with Gasteiger partial charge in [0.1, 0.15) is 29.7 Å². The van der Waals surface area contributed by atoms with Crippen molar-refractivity contribution >= 4 is 5.97 Å². The molecule has 0 radical (unpaired) electrons. The maximum atomic E-state index is 14.3. The smallest absolute Gasteiger partial charge is 0.315 e. The summed E-state index contributed by atoms with van der Waals surface area (Å²) < 4.78 is 57.9. The molecule has 3 aromatic rings. The molecule has 1 aliphatic rings. The van der Waals surface area contributed by atoms with Crippen molar-refractivity contribution in [2.45, 2.75) is 26.1 Å². The van der Waals surface area contributed by atoms with Crippen LogP contribution in [-0.2, 0) is 9.53 Å². The monoisotopic (exact) mass is 467 g/mol. The Labute approximate surface area is 194 Å². The van der Waals surface area contributed by atoms with Gasteiger partial charge in [0.05, 0.1) is 0 Å². The number of nitrogens with zero attached hydrogens (tertiary/aromatic N) is 1. The zero-order valence-corrected chi connectivity index (χ0v) is 18.3. The summed E-state index contributed by atoms with van der Waals surface area (Å²) in [6, 6.07) is 17.0. The maximum absolute atomic E-state index is 14.3. The molecule has 0 aliphatic heterocycles. The van der Waals surface area contributed by atoms with Crippen LogP contribution in [0, 0.1) is 40.1 Å². The number of carbonyl (C=O) groups excluding carboxylic acids is 1. The number of carbonyl (C=O) groups is 1. The van der Waals surface area contributed by atoms with Crippen molar-refractivity contribution in [2.24, 2.45) is 11.3 Å². The second kappa shape index (κ2) is 9.10. The Morgan fingerprint density at radius 1 is 0.971 bits per heavy atom. The fraction of sp³-hybridized carbons (Fsp3) is 0.231. The van der Waals surface area contributed by atoms with Crippen LogP contribution in [0.3, 0.4) is 0 Å². The molecule has 0 amide bonds. The molecule has 1 saturated carbocycles. The van der Waals surface area contributed by atoms with Gasteiger partial charge in [0.25, 0.3) is 0 Å². The van der Waals surface area contributed by atoms with E-state index in [1.807, 2.05) is 6.07 Å². The molecule has 3 aromatic carbocycles. The van der Waals surface area contributed by atoms with Crippen LogP contribution in [0.15, 0.2) is 66.7 Å². The summed E-state index contributed by atoms with van der Waals surface area (Å²) in [4.78, 5) is 12.8. The number of hydrogen-bond donors (Lipinski definition) is 0. The third kappa shape index (κ3) is 4.69. The van der Waals surface area contributed by atoms with Gasteiger partial charge in [0, 0.05) is 17.0 Å². The Kier molecular flexibility index (Phi) is 6.20. The highest BCUT2D eigenvalue weighted by Gasteiger charge is 2.66. The van der Waals surface area contributed by atoms with E-state index in [-0.39, 0.29) is 17.1 Å². The Morgan fingerprint density at radius 3 is 2.38 bits per heavy atom. The van der Waals surface area contributed by atoms with E-state index in [2.05, 4.69) is 0 Å². The lowest BCUT2D eigenvalue weighted by Gasteiger charge is -2.14. The van der Waals surface area contributed by atoms with Crippen LogP contribution in [-0.4, -0.2) is 12.1 Å². The van der Waals surface area contributed by atoms with Gasteiger partial charge in [-0.3, -0.25) is 4.79 Å². The number of esters is 1. The van der Waals surface area contributed by atoms with Crippen LogP contribution in [0.25, 0.3) is 0 Å². The second-order valence-electron chi connectivity index (χ2n) is 8.46. The summed E-state index contributed by atoms with van der Waals surface area (Å²) in [6.07, 6.45) is -2.06. The minimum absolute atomic E-state index is 0.125. The zero-order chi connectivity index (χ0) is 24.5. The fourth-order valence-corrected chi connectivity index (χ4v) is 3.68. The van der Waals surface area contributed by atoms with Crippen molar-refractivity contribution in [3.8, 4) is 23.3 Å². The standard InChI is InChI=1S/C26H20F3NO4/c1-26(2)23(24(26)33-20-11-9-16(27)13-19(20)29)25(31)34-22(14-30)15-8-10-18(28)21(12-15)32-17-6-4-3-5-7-17/h3-13,22-24H,1-2H3. The Morgan fingerprint density at radius 2 is 1.71 bits per heavy atom. The Hall–Kier alpha value is -3.99. The van der Waals surface area contributed by atoms with Gasteiger partial charge in [-0.05, 0) is 36.4 Å². The van der Waals surface area contributed by atoms with Crippen LogP contribution < -0.4 is 9.47 Å². The SMILES string of the molecule is CC1(C)C(Oc2ccc(F)cc2F)C1C(=O)OC(C#N)c1ccc(F)c(Oc2ccccc2)c1. The summed E-state index contributed by atoms with van der Waals surface area (Å²) >= 11 is 0. The number of halogens is 3. The quantitative estimate of drug-likeness (QED) is 0.392. The first-order valence-electron chi connectivity index (χ1n) is 10.4. The molecule has 0 N–H and O–H groups in total. The Balaban J connectivity index is 1.47. The van der Waals surface area contributed by atoms with Crippen LogP contribution in [0.1, 0.15) is 25.5 Å². The minimum atomic E-state index is -1.33. The predicted octanol–water partition coefficient (Wildman–Crippen LogP) is 6.11. The molecule has 0 aromatic heterocycles. The third-order valence-electron chi connectivity index (χ3n) is 5.71. The van der Waals surface area contributed by atoms with Crippen LogP contribution in [0.4, 0.5) is 13.2 Å². The van der Waals surface area contributed by atoms with Crippen molar-refractivity contribution in [2.75, 3.05) is 0 Å². The predicted molar refractivity (Wildman–Crippen MR) is 115 cm³/mol. The minimum Gasteiger partial charge on any atom is -0.486 e. The number of ether oxygens (including phenoxy) is 3. The van der Waals surface area contributed by atoms with E-state index in [0.717, 1.165) is 18.2 Å². The molecular weight excluding hydrogens is 447 g/mol. The molecular formula is C26H20F3NO4. The van der Waals surface area contributed by atoms with E-state index in [4.69, 9.17) is 14.2 Å². The van der Waals surface area contributed by atoms with E-state index in [9.17, 15) is 23.2 Å². The molecule has 34 heavy (non-hydrogen) atoms. The molecule has 0 heterocycles. The highest BCUT2D eigenvalue weighted by atomic mass is 19.1. The molecule has 3 unspecified atom stereocenters. The summed E-state index contributed by atoms with van der Waals surface area (Å²) in [5, 5.41) is 9.60. The van der Waals surface area contributed by atoms with Crippen molar-refractivity contribution in [1.82, 2.24) is 0 Å². The average Bonchev–Trinajstić information content (AvgIpc) is 3.36.